The number of amides is 1. The molecule has 1 aliphatic heterocycles. The SMILES string of the molecule is Cc1ccc2c(c1)[C@@H](NC(=O)c1ccccc1CCc1ccccc1)CC(C)(C)O2. The first-order valence-electron chi connectivity index (χ1n) is 10.6. The van der Waals surface area contributed by atoms with Crippen LogP contribution in [0.25, 0.3) is 0 Å². The molecular formula is C27H29NO2. The first-order chi connectivity index (χ1) is 14.4. The van der Waals surface area contributed by atoms with Gasteiger partial charge in [-0.05, 0) is 56.9 Å². The summed E-state index contributed by atoms with van der Waals surface area (Å²) >= 11 is 0. The molecule has 0 bridgehead atoms. The number of aryl methyl sites for hydroxylation is 3. The van der Waals surface area contributed by atoms with Crippen LogP contribution in [0.4, 0.5) is 0 Å². The minimum atomic E-state index is -0.326. The Labute approximate surface area is 179 Å². The van der Waals surface area contributed by atoms with Gasteiger partial charge in [0.05, 0.1) is 6.04 Å². The molecule has 0 fully saturated rings. The largest absolute Gasteiger partial charge is 0.487 e. The zero-order valence-electron chi connectivity index (χ0n) is 17.9. The highest BCUT2D eigenvalue weighted by molar-refractivity contribution is 5.96. The highest BCUT2D eigenvalue weighted by Gasteiger charge is 2.34. The number of benzene rings is 3. The predicted molar refractivity (Wildman–Crippen MR) is 121 cm³/mol. The molecular weight excluding hydrogens is 370 g/mol. The van der Waals surface area contributed by atoms with Crippen molar-refractivity contribution < 1.29 is 9.53 Å². The van der Waals surface area contributed by atoms with Crippen molar-refractivity contribution in [3.05, 3.63) is 101 Å². The van der Waals surface area contributed by atoms with E-state index in [0.717, 1.165) is 41.7 Å². The van der Waals surface area contributed by atoms with Crippen molar-refractivity contribution in [3.63, 3.8) is 0 Å². The van der Waals surface area contributed by atoms with E-state index in [9.17, 15) is 4.79 Å². The molecule has 3 aromatic rings. The molecule has 3 heteroatoms. The van der Waals surface area contributed by atoms with E-state index in [1.54, 1.807) is 0 Å². The third kappa shape index (κ3) is 4.56. The number of carbonyl (C=O) groups excluding carboxylic acids is 1. The number of ether oxygens (including phenoxy) is 1. The molecule has 0 aliphatic carbocycles. The summed E-state index contributed by atoms with van der Waals surface area (Å²) in [4.78, 5) is 13.3. The molecule has 30 heavy (non-hydrogen) atoms. The van der Waals surface area contributed by atoms with Crippen LogP contribution in [-0.4, -0.2) is 11.5 Å². The zero-order valence-corrected chi connectivity index (χ0v) is 17.9. The first kappa shape index (κ1) is 20.2. The van der Waals surface area contributed by atoms with E-state index in [1.165, 1.54) is 11.1 Å². The Bertz CT molecular complexity index is 1040. The fraction of sp³-hybridized carbons (Fsp3) is 0.296. The summed E-state index contributed by atoms with van der Waals surface area (Å²) in [6.45, 7) is 6.21. The Balaban J connectivity index is 1.55. The van der Waals surface area contributed by atoms with Gasteiger partial charge in [0.1, 0.15) is 11.4 Å². The number of fused-ring (bicyclic) bond motifs is 1. The van der Waals surface area contributed by atoms with E-state index >= 15 is 0 Å². The standard InChI is InChI=1S/C27H29NO2/c1-19-13-16-25-23(17-19)24(18-27(2,3)30-25)28-26(29)22-12-8-7-11-21(22)15-14-20-9-5-4-6-10-20/h4-13,16-17,24H,14-15,18H2,1-3H3,(H,28,29)/t24-/m0/s1. The van der Waals surface area contributed by atoms with Crippen LogP contribution in [-0.2, 0) is 12.8 Å². The summed E-state index contributed by atoms with van der Waals surface area (Å²) in [5.41, 5.74) is 5.02. The minimum Gasteiger partial charge on any atom is -0.487 e. The second kappa shape index (κ2) is 8.35. The molecule has 3 nitrogen and oxygen atoms in total. The van der Waals surface area contributed by atoms with Gasteiger partial charge in [0.15, 0.2) is 0 Å². The average Bonchev–Trinajstić information content (AvgIpc) is 2.73. The average molecular weight is 400 g/mol. The molecule has 0 radical (unpaired) electrons. The molecule has 0 spiro atoms. The zero-order chi connectivity index (χ0) is 21.1. The van der Waals surface area contributed by atoms with Crippen molar-refractivity contribution in [2.24, 2.45) is 0 Å². The molecule has 0 saturated carbocycles. The van der Waals surface area contributed by atoms with Crippen LogP contribution in [0.15, 0.2) is 72.8 Å². The third-order valence-corrected chi connectivity index (χ3v) is 5.72. The van der Waals surface area contributed by atoms with Crippen LogP contribution in [0, 0.1) is 6.92 Å². The molecule has 1 aliphatic rings. The Morgan fingerprint density at radius 3 is 2.53 bits per heavy atom. The van der Waals surface area contributed by atoms with Crippen LogP contribution >= 0.6 is 0 Å². The lowest BCUT2D eigenvalue weighted by atomic mass is 9.88. The maximum absolute atomic E-state index is 13.3. The van der Waals surface area contributed by atoms with Crippen molar-refractivity contribution in [3.8, 4) is 5.75 Å². The number of nitrogens with one attached hydrogen (secondary N) is 1. The van der Waals surface area contributed by atoms with Crippen molar-refractivity contribution in [2.75, 3.05) is 0 Å². The molecule has 1 N–H and O–H groups in total. The van der Waals surface area contributed by atoms with E-state index in [4.69, 9.17) is 4.74 Å². The Kier molecular flexibility index (Phi) is 5.63. The molecule has 1 heterocycles. The van der Waals surface area contributed by atoms with Gasteiger partial charge in [-0.2, -0.15) is 0 Å². The summed E-state index contributed by atoms with van der Waals surface area (Å²) in [5.74, 6) is 0.841. The van der Waals surface area contributed by atoms with Crippen molar-refractivity contribution in [2.45, 2.75) is 51.7 Å². The van der Waals surface area contributed by atoms with E-state index in [1.807, 2.05) is 30.3 Å². The second-order valence-corrected chi connectivity index (χ2v) is 8.78. The smallest absolute Gasteiger partial charge is 0.252 e. The lowest BCUT2D eigenvalue weighted by Crippen LogP contribution is -2.41. The predicted octanol–water partition coefficient (Wildman–Crippen LogP) is 5.81. The van der Waals surface area contributed by atoms with Crippen LogP contribution in [0.1, 0.15) is 58.9 Å². The third-order valence-electron chi connectivity index (χ3n) is 5.72. The van der Waals surface area contributed by atoms with Crippen LogP contribution < -0.4 is 10.1 Å². The van der Waals surface area contributed by atoms with Crippen molar-refractivity contribution >= 4 is 5.91 Å². The fourth-order valence-corrected chi connectivity index (χ4v) is 4.22. The van der Waals surface area contributed by atoms with Gasteiger partial charge in [0.25, 0.3) is 5.91 Å². The highest BCUT2D eigenvalue weighted by atomic mass is 16.5. The van der Waals surface area contributed by atoms with E-state index < -0.39 is 0 Å². The van der Waals surface area contributed by atoms with Gasteiger partial charge in [-0.3, -0.25) is 4.79 Å². The van der Waals surface area contributed by atoms with Crippen molar-refractivity contribution in [1.82, 2.24) is 5.32 Å². The van der Waals surface area contributed by atoms with E-state index in [2.05, 4.69) is 68.6 Å². The number of hydrogen-bond acceptors (Lipinski definition) is 2. The molecule has 1 atom stereocenters. The summed E-state index contributed by atoms with van der Waals surface area (Å²) in [7, 11) is 0. The van der Waals surface area contributed by atoms with E-state index in [0.29, 0.717) is 0 Å². The molecule has 3 aromatic carbocycles. The van der Waals surface area contributed by atoms with Crippen molar-refractivity contribution in [1.29, 1.82) is 0 Å². The Morgan fingerprint density at radius 1 is 1.00 bits per heavy atom. The Hall–Kier alpha value is -3.07. The van der Waals surface area contributed by atoms with Crippen LogP contribution in [0.3, 0.4) is 0 Å². The summed E-state index contributed by atoms with van der Waals surface area (Å²) in [5, 5.41) is 3.29. The highest BCUT2D eigenvalue weighted by Crippen LogP contribution is 2.40. The second-order valence-electron chi connectivity index (χ2n) is 8.78. The molecule has 0 saturated heterocycles. The summed E-state index contributed by atoms with van der Waals surface area (Å²) < 4.78 is 6.15. The quantitative estimate of drug-likeness (QED) is 0.588. The normalized spacial score (nSPS) is 17.0. The molecule has 1 amide bonds. The number of rotatable bonds is 5. The van der Waals surface area contributed by atoms with E-state index in [-0.39, 0.29) is 17.6 Å². The van der Waals surface area contributed by atoms with Crippen LogP contribution in [0.5, 0.6) is 5.75 Å². The first-order valence-corrected chi connectivity index (χ1v) is 10.6. The fourth-order valence-electron chi connectivity index (χ4n) is 4.22. The molecule has 0 aromatic heterocycles. The monoisotopic (exact) mass is 399 g/mol. The van der Waals surface area contributed by atoms with Gasteiger partial charge in [-0.25, -0.2) is 0 Å². The Morgan fingerprint density at radius 2 is 1.73 bits per heavy atom. The maximum Gasteiger partial charge on any atom is 0.252 e. The summed E-state index contributed by atoms with van der Waals surface area (Å²) in [6.07, 6.45) is 2.49. The number of carbonyl (C=O) groups is 1. The maximum atomic E-state index is 13.3. The molecule has 4 rings (SSSR count). The number of hydrogen-bond donors (Lipinski definition) is 1. The van der Waals surface area contributed by atoms with Gasteiger partial charge in [0.2, 0.25) is 0 Å². The van der Waals surface area contributed by atoms with Gasteiger partial charge >= 0.3 is 0 Å². The molecule has 154 valence electrons. The van der Waals surface area contributed by atoms with Gasteiger partial charge in [0, 0.05) is 17.5 Å². The van der Waals surface area contributed by atoms with Gasteiger partial charge in [-0.15, -0.1) is 0 Å². The topological polar surface area (TPSA) is 38.3 Å². The lowest BCUT2D eigenvalue weighted by molar-refractivity contribution is 0.0619. The lowest BCUT2D eigenvalue weighted by Gasteiger charge is -2.38. The van der Waals surface area contributed by atoms with Gasteiger partial charge in [-0.1, -0.05) is 66.2 Å². The van der Waals surface area contributed by atoms with Crippen LogP contribution in [0.2, 0.25) is 0 Å². The summed E-state index contributed by atoms with van der Waals surface area (Å²) in [6, 6.07) is 24.5. The molecule has 0 unspecified atom stereocenters. The minimum absolute atomic E-state index is 0.0196. The van der Waals surface area contributed by atoms with Gasteiger partial charge < -0.3 is 10.1 Å².